The van der Waals surface area contributed by atoms with Gasteiger partial charge in [0.25, 0.3) is 0 Å². The minimum absolute atomic E-state index is 0.714. The summed E-state index contributed by atoms with van der Waals surface area (Å²) in [6.07, 6.45) is 6.19. The average molecular weight is 241 g/mol. The van der Waals surface area contributed by atoms with E-state index in [1.807, 2.05) is 12.4 Å². The van der Waals surface area contributed by atoms with Gasteiger partial charge >= 0.3 is 0 Å². The molecule has 70 valence electrons. The van der Waals surface area contributed by atoms with Crippen LogP contribution in [0, 0.1) is 0 Å². The first kappa shape index (κ1) is 9.00. The summed E-state index contributed by atoms with van der Waals surface area (Å²) in [5.41, 5.74) is 1.30. The molecule has 2 nitrogen and oxygen atoms in total. The quantitative estimate of drug-likeness (QED) is 0.702. The molecule has 0 radical (unpaired) electrons. The van der Waals surface area contributed by atoms with Gasteiger partial charge < -0.3 is 4.90 Å². The number of halogens is 1. The summed E-state index contributed by atoms with van der Waals surface area (Å²) >= 11 is 3.65. The molecule has 0 N–H and O–H groups in total. The van der Waals surface area contributed by atoms with Crippen molar-refractivity contribution in [3.8, 4) is 0 Å². The standard InChI is InChI=1S/C10H13BrN2/c11-9-3-7-13(8-4-9)10-1-5-12-6-2-10/h1-2,5-6,9H,3-4,7-8H2. The van der Waals surface area contributed by atoms with E-state index in [1.165, 1.54) is 18.5 Å². The van der Waals surface area contributed by atoms with E-state index in [2.05, 4.69) is 37.9 Å². The van der Waals surface area contributed by atoms with Crippen molar-refractivity contribution in [1.82, 2.24) is 4.98 Å². The van der Waals surface area contributed by atoms with E-state index in [9.17, 15) is 0 Å². The Balaban J connectivity index is 2.03. The Kier molecular flexibility index (Phi) is 2.83. The van der Waals surface area contributed by atoms with Gasteiger partial charge in [-0.2, -0.15) is 0 Å². The highest BCUT2D eigenvalue weighted by molar-refractivity contribution is 9.09. The minimum atomic E-state index is 0.714. The highest BCUT2D eigenvalue weighted by atomic mass is 79.9. The van der Waals surface area contributed by atoms with E-state index in [1.54, 1.807) is 0 Å². The Morgan fingerprint density at radius 3 is 2.46 bits per heavy atom. The first-order chi connectivity index (χ1) is 6.36. The molecular weight excluding hydrogens is 228 g/mol. The van der Waals surface area contributed by atoms with Crippen LogP contribution in [0.4, 0.5) is 5.69 Å². The Morgan fingerprint density at radius 2 is 1.85 bits per heavy atom. The second kappa shape index (κ2) is 4.09. The summed E-state index contributed by atoms with van der Waals surface area (Å²) in [4.78, 5) is 7.15. The molecule has 0 aliphatic carbocycles. The highest BCUT2D eigenvalue weighted by Crippen LogP contribution is 2.22. The van der Waals surface area contributed by atoms with Gasteiger partial charge in [-0.1, -0.05) is 15.9 Å². The lowest BCUT2D eigenvalue weighted by atomic mass is 10.1. The first-order valence-corrected chi connectivity index (χ1v) is 5.57. The van der Waals surface area contributed by atoms with Crippen LogP contribution in [-0.2, 0) is 0 Å². The molecule has 1 aliphatic heterocycles. The van der Waals surface area contributed by atoms with Crippen LogP contribution >= 0.6 is 15.9 Å². The highest BCUT2D eigenvalue weighted by Gasteiger charge is 2.16. The van der Waals surface area contributed by atoms with E-state index >= 15 is 0 Å². The number of piperidine rings is 1. The van der Waals surface area contributed by atoms with Crippen molar-refractivity contribution in [1.29, 1.82) is 0 Å². The molecule has 0 saturated carbocycles. The summed E-state index contributed by atoms with van der Waals surface area (Å²) in [6, 6.07) is 4.16. The molecular formula is C10H13BrN2. The molecule has 3 heteroatoms. The van der Waals surface area contributed by atoms with Crippen molar-refractivity contribution in [2.24, 2.45) is 0 Å². The SMILES string of the molecule is BrC1CCN(c2ccncc2)CC1. The number of anilines is 1. The number of hydrogen-bond acceptors (Lipinski definition) is 2. The first-order valence-electron chi connectivity index (χ1n) is 4.65. The number of pyridine rings is 1. The van der Waals surface area contributed by atoms with Gasteiger partial charge in [0.15, 0.2) is 0 Å². The molecule has 1 aromatic rings. The molecule has 13 heavy (non-hydrogen) atoms. The largest absolute Gasteiger partial charge is 0.371 e. The van der Waals surface area contributed by atoms with Gasteiger partial charge in [0.05, 0.1) is 0 Å². The second-order valence-corrected chi connectivity index (χ2v) is 4.66. The summed E-state index contributed by atoms with van der Waals surface area (Å²) < 4.78 is 0. The maximum Gasteiger partial charge on any atom is 0.0397 e. The van der Waals surface area contributed by atoms with Gasteiger partial charge in [-0.15, -0.1) is 0 Å². The van der Waals surface area contributed by atoms with Crippen LogP contribution in [0.1, 0.15) is 12.8 Å². The van der Waals surface area contributed by atoms with E-state index in [-0.39, 0.29) is 0 Å². The van der Waals surface area contributed by atoms with E-state index in [0.717, 1.165) is 13.1 Å². The normalized spacial score (nSPS) is 19.0. The van der Waals surface area contributed by atoms with Crippen molar-refractivity contribution >= 4 is 21.6 Å². The molecule has 1 saturated heterocycles. The molecule has 1 aliphatic rings. The van der Waals surface area contributed by atoms with Gasteiger partial charge in [-0.3, -0.25) is 4.98 Å². The van der Waals surface area contributed by atoms with Crippen molar-refractivity contribution in [2.45, 2.75) is 17.7 Å². The molecule has 0 amide bonds. The Bertz CT molecular complexity index is 255. The Hall–Kier alpha value is -0.570. The Labute approximate surface area is 87.1 Å². The molecule has 1 aromatic heterocycles. The van der Waals surface area contributed by atoms with Crippen LogP contribution in [0.2, 0.25) is 0 Å². The average Bonchev–Trinajstić information content (AvgIpc) is 2.20. The van der Waals surface area contributed by atoms with Crippen LogP contribution in [0.5, 0.6) is 0 Å². The lowest BCUT2D eigenvalue weighted by Crippen LogP contribution is -2.33. The summed E-state index contributed by atoms with van der Waals surface area (Å²) in [7, 11) is 0. The third kappa shape index (κ3) is 2.21. The number of alkyl halides is 1. The third-order valence-electron chi connectivity index (χ3n) is 2.45. The predicted molar refractivity (Wildman–Crippen MR) is 58.4 cm³/mol. The van der Waals surface area contributed by atoms with Crippen molar-refractivity contribution in [3.05, 3.63) is 24.5 Å². The van der Waals surface area contributed by atoms with Gasteiger partial charge in [0.2, 0.25) is 0 Å². The topological polar surface area (TPSA) is 16.1 Å². The van der Waals surface area contributed by atoms with E-state index in [4.69, 9.17) is 0 Å². The fourth-order valence-electron chi connectivity index (χ4n) is 1.66. The number of rotatable bonds is 1. The molecule has 0 atom stereocenters. The van der Waals surface area contributed by atoms with Crippen molar-refractivity contribution in [3.63, 3.8) is 0 Å². The number of hydrogen-bond donors (Lipinski definition) is 0. The van der Waals surface area contributed by atoms with Gasteiger partial charge in [0.1, 0.15) is 0 Å². The predicted octanol–water partition coefficient (Wildman–Crippen LogP) is 2.45. The van der Waals surface area contributed by atoms with Crippen LogP contribution < -0.4 is 4.90 Å². The molecule has 1 fully saturated rings. The zero-order valence-electron chi connectivity index (χ0n) is 7.49. The number of nitrogens with zero attached hydrogens (tertiary/aromatic N) is 2. The van der Waals surface area contributed by atoms with E-state index in [0.29, 0.717) is 4.83 Å². The summed E-state index contributed by atoms with van der Waals surface area (Å²) in [5, 5.41) is 0. The lowest BCUT2D eigenvalue weighted by molar-refractivity contribution is 0.597. The molecule has 0 unspecified atom stereocenters. The fourth-order valence-corrected chi connectivity index (χ4v) is 2.07. The Morgan fingerprint density at radius 1 is 1.23 bits per heavy atom. The lowest BCUT2D eigenvalue weighted by Gasteiger charge is -2.31. The number of aromatic nitrogens is 1. The monoisotopic (exact) mass is 240 g/mol. The van der Waals surface area contributed by atoms with Crippen LogP contribution in [0.3, 0.4) is 0 Å². The smallest absolute Gasteiger partial charge is 0.0397 e. The zero-order chi connectivity index (χ0) is 9.10. The second-order valence-electron chi connectivity index (χ2n) is 3.37. The minimum Gasteiger partial charge on any atom is -0.371 e. The summed E-state index contributed by atoms with van der Waals surface area (Å²) in [5.74, 6) is 0. The molecule has 0 aromatic carbocycles. The molecule has 2 rings (SSSR count). The van der Waals surface area contributed by atoms with Crippen LogP contribution in [0.25, 0.3) is 0 Å². The fraction of sp³-hybridized carbons (Fsp3) is 0.500. The maximum atomic E-state index is 4.02. The maximum absolute atomic E-state index is 4.02. The summed E-state index contributed by atoms with van der Waals surface area (Å²) in [6.45, 7) is 2.31. The van der Waals surface area contributed by atoms with Gasteiger partial charge in [-0.05, 0) is 25.0 Å². The van der Waals surface area contributed by atoms with Gasteiger partial charge in [0, 0.05) is 36.0 Å². The van der Waals surface area contributed by atoms with Crippen LogP contribution in [-0.4, -0.2) is 22.9 Å². The van der Waals surface area contributed by atoms with Crippen LogP contribution in [0.15, 0.2) is 24.5 Å². The van der Waals surface area contributed by atoms with Gasteiger partial charge in [-0.25, -0.2) is 0 Å². The molecule has 0 bridgehead atoms. The molecule has 2 heterocycles. The van der Waals surface area contributed by atoms with Crippen molar-refractivity contribution in [2.75, 3.05) is 18.0 Å². The van der Waals surface area contributed by atoms with E-state index < -0.39 is 0 Å². The zero-order valence-corrected chi connectivity index (χ0v) is 9.07. The van der Waals surface area contributed by atoms with Crippen molar-refractivity contribution < 1.29 is 0 Å². The third-order valence-corrected chi connectivity index (χ3v) is 3.37. The molecule has 0 spiro atoms.